The second kappa shape index (κ2) is 10.1. The van der Waals surface area contributed by atoms with E-state index in [0.717, 1.165) is 6.42 Å². The van der Waals surface area contributed by atoms with E-state index in [0.29, 0.717) is 17.2 Å². The molecule has 1 aliphatic rings. The highest BCUT2D eigenvalue weighted by Gasteiger charge is 2.38. The third kappa shape index (κ3) is 7.82. The number of unbranched alkanes of at least 4 members (excludes halogenated alkanes) is 4. The van der Waals surface area contributed by atoms with Crippen LogP contribution in [0.2, 0.25) is 18.1 Å². The largest absolute Gasteiger partial charge is 0.414 e. The van der Waals surface area contributed by atoms with Gasteiger partial charge in [-0.3, -0.25) is 4.99 Å². The average molecular weight is 354 g/mol. The molecule has 2 atom stereocenters. The summed E-state index contributed by atoms with van der Waals surface area (Å²) in [5.74, 6) is 0. The molecule has 0 aromatic carbocycles. The normalized spacial score (nSPS) is 20.3. The van der Waals surface area contributed by atoms with E-state index in [2.05, 4.69) is 47.7 Å². The van der Waals surface area contributed by atoms with Crippen molar-refractivity contribution in [1.82, 2.24) is 0 Å². The maximum absolute atomic E-state index is 6.48. The number of nitrogens with zero attached hydrogens (tertiary/aromatic N) is 1. The lowest BCUT2D eigenvalue weighted by Gasteiger charge is -2.38. The molecule has 0 bridgehead atoms. The van der Waals surface area contributed by atoms with E-state index in [-0.39, 0.29) is 0 Å². The molecule has 0 amide bonds. The van der Waals surface area contributed by atoms with Crippen LogP contribution in [-0.4, -0.2) is 26.2 Å². The SMILES string of the molecule is CCCCCCCC1=NC(CCC(C)O[Si](C)(C)C(C)(C)C)CC1. The summed E-state index contributed by atoms with van der Waals surface area (Å²) in [7, 11) is -1.62. The smallest absolute Gasteiger partial charge is 0.192 e. The molecule has 1 aliphatic heterocycles. The van der Waals surface area contributed by atoms with Crippen LogP contribution in [0.3, 0.4) is 0 Å². The van der Waals surface area contributed by atoms with Gasteiger partial charge in [0.1, 0.15) is 0 Å². The van der Waals surface area contributed by atoms with Crippen molar-refractivity contribution in [3.8, 4) is 0 Å². The van der Waals surface area contributed by atoms with E-state index in [4.69, 9.17) is 9.42 Å². The first kappa shape index (κ1) is 21.9. The third-order valence-corrected chi connectivity index (χ3v) is 10.5. The van der Waals surface area contributed by atoms with Crippen LogP contribution in [0.25, 0.3) is 0 Å². The predicted octanol–water partition coefficient (Wildman–Crippen LogP) is 7.14. The van der Waals surface area contributed by atoms with Crippen LogP contribution in [0.1, 0.15) is 98.8 Å². The molecule has 0 saturated heterocycles. The molecule has 24 heavy (non-hydrogen) atoms. The lowest BCUT2D eigenvalue weighted by Crippen LogP contribution is -2.43. The molecule has 1 rings (SSSR count). The Morgan fingerprint density at radius 2 is 1.83 bits per heavy atom. The van der Waals surface area contributed by atoms with Crippen LogP contribution in [0.4, 0.5) is 0 Å². The first-order valence-corrected chi connectivity index (χ1v) is 13.3. The molecule has 142 valence electrons. The summed E-state index contributed by atoms with van der Waals surface area (Å²) in [6.45, 7) is 16.2. The Hall–Kier alpha value is -0.153. The van der Waals surface area contributed by atoms with E-state index < -0.39 is 8.32 Å². The van der Waals surface area contributed by atoms with Crippen LogP contribution in [-0.2, 0) is 4.43 Å². The second-order valence-corrected chi connectivity index (χ2v) is 14.1. The highest BCUT2D eigenvalue weighted by atomic mass is 28.4. The number of hydrogen-bond donors (Lipinski definition) is 0. The van der Waals surface area contributed by atoms with Gasteiger partial charge in [-0.1, -0.05) is 53.4 Å². The fourth-order valence-electron chi connectivity index (χ4n) is 3.22. The predicted molar refractivity (Wildman–Crippen MR) is 111 cm³/mol. The molecular weight excluding hydrogens is 310 g/mol. The lowest BCUT2D eigenvalue weighted by atomic mass is 10.0. The zero-order valence-corrected chi connectivity index (χ0v) is 18.6. The maximum atomic E-state index is 6.48. The minimum Gasteiger partial charge on any atom is -0.414 e. The van der Waals surface area contributed by atoms with Crippen LogP contribution >= 0.6 is 0 Å². The number of hydrogen-bond acceptors (Lipinski definition) is 2. The minimum absolute atomic E-state index is 0.303. The topological polar surface area (TPSA) is 21.6 Å². The summed E-state index contributed by atoms with van der Waals surface area (Å²) in [4.78, 5) is 5.00. The fraction of sp³-hybridized carbons (Fsp3) is 0.952. The molecule has 0 spiro atoms. The summed E-state index contributed by atoms with van der Waals surface area (Å²) < 4.78 is 6.48. The highest BCUT2D eigenvalue weighted by molar-refractivity contribution is 6.74. The summed E-state index contributed by atoms with van der Waals surface area (Å²) in [5, 5.41) is 0.303. The monoisotopic (exact) mass is 353 g/mol. The van der Waals surface area contributed by atoms with Gasteiger partial charge < -0.3 is 4.43 Å². The molecule has 2 nitrogen and oxygen atoms in total. The van der Waals surface area contributed by atoms with Crippen molar-refractivity contribution in [3.63, 3.8) is 0 Å². The first-order chi connectivity index (χ1) is 11.2. The van der Waals surface area contributed by atoms with Gasteiger partial charge in [-0.25, -0.2) is 0 Å². The van der Waals surface area contributed by atoms with Crippen molar-refractivity contribution in [3.05, 3.63) is 0 Å². The van der Waals surface area contributed by atoms with E-state index in [9.17, 15) is 0 Å². The summed E-state index contributed by atoms with van der Waals surface area (Å²) >= 11 is 0. The van der Waals surface area contributed by atoms with E-state index >= 15 is 0 Å². The standard InChI is InChI=1S/C21H43NOSi/c1-8-9-10-11-12-13-19-16-17-20(22-19)15-14-18(2)23-24(6,7)21(3,4)5/h18,20H,8-17H2,1-7H3. The molecule has 3 heteroatoms. The highest BCUT2D eigenvalue weighted by Crippen LogP contribution is 2.37. The van der Waals surface area contributed by atoms with Crippen molar-refractivity contribution >= 4 is 14.0 Å². The van der Waals surface area contributed by atoms with Gasteiger partial charge in [0.25, 0.3) is 0 Å². The van der Waals surface area contributed by atoms with E-state index in [1.807, 2.05) is 0 Å². The van der Waals surface area contributed by atoms with Crippen molar-refractivity contribution < 1.29 is 4.43 Å². The Bertz CT molecular complexity index is 384. The van der Waals surface area contributed by atoms with E-state index in [1.165, 1.54) is 63.5 Å². The lowest BCUT2D eigenvalue weighted by molar-refractivity contribution is 0.183. The van der Waals surface area contributed by atoms with Gasteiger partial charge in [-0.2, -0.15) is 0 Å². The first-order valence-electron chi connectivity index (χ1n) is 10.4. The second-order valence-electron chi connectivity index (χ2n) is 9.32. The van der Waals surface area contributed by atoms with Crippen LogP contribution < -0.4 is 0 Å². The molecule has 0 fully saturated rings. The molecule has 2 unspecified atom stereocenters. The molecule has 1 heterocycles. The van der Waals surface area contributed by atoms with Gasteiger partial charge in [-0.15, -0.1) is 0 Å². The quantitative estimate of drug-likeness (QED) is 0.286. The molecular formula is C21H43NOSi. The van der Waals surface area contributed by atoms with Gasteiger partial charge in [0.2, 0.25) is 0 Å². The number of rotatable bonds is 11. The fourth-order valence-corrected chi connectivity index (χ4v) is 4.69. The molecule has 0 aliphatic carbocycles. The maximum Gasteiger partial charge on any atom is 0.192 e. The van der Waals surface area contributed by atoms with Crippen molar-refractivity contribution in [2.75, 3.05) is 0 Å². The Morgan fingerprint density at radius 3 is 2.46 bits per heavy atom. The van der Waals surface area contributed by atoms with Gasteiger partial charge in [-0.05, 0) is 63.6 Å². The molecule has 0 N–H and O–H groups in total. The molecule has 0 saturated carbocycles. The van der Waals surface area contributed by atoms with Gasteiger partial charge in [0, 0.05) is 11.8 Å². The summed E-state index contributed by atoms with van der Waals surface area (Å²) in [6, 6.07) is 0.570. The number of aliphatic imine (C=N–C) groups is 1. The average Bonchev–Trinajstić information content (AvgIpc) is 2.91. The van der Waals surface area contributed by atoms with Crippen LogP contribution in [0.15, 0.2) is 4.99 Å². The molecule has 0 radical (unpaired) electrons. The Labute approximate surface area is 153 Å². The van der Waals surface area contributed by atoms with Crippen LogP contribution in [0, 0.1) is 0 Å². The van der Waals surface area contributed by atoms with Crippen molar-refractivity contribution in [2.45, 2.75) is 129 Å². The minimum atomic E-state index is -1.62. The van der Waals surface area contributed by atoms with Gasteiger partial charge in [0.05, 0.1) is 6.04 Å². The molecule has 0 aromatic heterocycles. The summed E-state index contributed by atoms with van der Waals surface area (Å²) in [5.41, 5.74) is 1.49. The van der Waals surface area contributed by atoms with E-state index in [1.54, 1.807) is 0 Å². The Morgan fingerprint density at radius 1 is 1.17 bits per heavy atom. The zero-order chi connectivity index (χ0) is 18.2. The van der Waals surface area contributed by atoms with Crippen molar-refractivity contribution in [2.24, 2.45) is 4.99 Å². The Balaban J connectivity index is 2.25. The van der Waals surface area contributed by atoms with Gasteiger partial charge >= 0.3 is 0 Å². The summed E-state index contributed by atoms with van der Waals surface area (Å²) in [6.07, 6.45) is 13.3. The van der Waals surface area contributed by atoms with Gasteiger partial charge in [0.15, 0.2) is 8.32 Å². The zero-order valence-electron chi connectivity index (χ0n) is 17.6. The van der Waals surface area contributed by atoms with Crippen molar-refractivity contribution in [1.29, 1.82) is 0 Å². The Kier molecular flexibility index (Phi) is 9.22. The van der Waals surface area contributed by atoms with Crippen LogP contribution in [0.5, 0.6) is 0 Å². The molecule has 0 aromatic rings. The third-order valence-electron chi connectivity index (χ3n) is 5.91.